The molecule has 0 radical (unpaired) electrons. The lowest BCUT2D eigenvalue weighted by Gasteiger charge is -2.38. The summed E-state index contributed by atoms with van der Waals surface area (Å²) >= 11 is 0. The summed E-state index contributed by atoms with van der Waals surface area (Å²) < 4.78 is 37.9. The fraction of sp³-hybridized carbons (Fsp3) is 0.611. The van der Waals surface area contributed by atoms with Gasteiger partial charge in [-0.3, -0.25) is 4.79 Å². The van der Waals surface area contributed by atoms with Crippen molar-refractivity contribution >= 4 is 5.91 Å². The van der Waals surface area contributed by atoms with Crippen LogP contribution in [-0.2, 0) is 11.0 Å². The van der Waals surface area contributed by atoms with Crippen molar-refractivity contribution in [3.8, 4) is 0 Å². The van der Waals surface area contributed by atoms with Gasteiger partial charge in [0.25, 0.3) is 0 Å². The second-order valence-electron chi connectivity index (χ2n) is 6.73. The number of carbonyl (C=O) groups excluding carboxylic acids is 1. The Morgan fingerprint density at radius 3 is 2.42 bits per heavy atom. The maximum absolute atomic E-state index is 12.6. The van der Waals surface area contributed by atoms with E-state index < -0.39 is 11.7 Å². The summed E-state index contributed by atoms with van der Waals surface area (Å²) in [5.41, 5.74) is 6.07. The third-order valence-corrected chi connectivity index (χ3v) is 4.76. The number of hydrogen-bond acceptors (Lipinski definition) is 2. The van der Waals surface area contributed by atoms with Gasteiger partial charge in [-0.2, -0.15) is 13.2 Å². The summed E-state index contributed by atoms with van der Waals surface area (Å²) in [6, 6.07) is 5.05. The lowest BCUT2D eigenvalue weighted by Crippen LogP contribution is -2.51. The van der Waals surface area contributed by atoms with Crippen LogP contribution in [0.25, 0.3) is 0 Å². The van der Waals surface area contributed by atoms with Crippen LogP contribution >= 0.6 is 0 Å². The molecule has 3 nitrogen and oxygen atoms in total. The quantitative estimate of drug-likeness (QED) is 0.901. The Morgan fingerprint density at radius 2 is 1.88 bits per heavy atom. The van der Waals surface area contributed by atoms with E-state index in [4.69, 9.17) is 5.73 Å². The molecule has 0 spiro atoms. The lowest BCUT2D eigenvalue weighted by atomic mass is 9.93. The van der Waals surface area contributed by atoms with Crippen LogP contribution in [0.1, 0.15) is 56.6 Å². The van der Waals surface area contributed by atoms with Crippen molar-refractivity contribution in [1.82, 2.24) is 4.90 Å². The SMILES string of the molecule is CC(CC(=O)N1CCCCC1C(C)N)c1ccc(C(F)(F)F)cc1. The number of carbonyl (C=O) groups is 1. The first-order valence-corrected chi connectivity index (χ1v) is 8.42. The zero-order valence-electron chi connectivity index (χ0n) is 14.1. The van der Waals surface area contributed by atoms with Gasteiger partial charge in [0.15, 0.2) is 0 Å². The summed E-state index contributed by atoms with van der Waals surface area (Å²) in [6.07, 6.45) is -1.09. The number of nitrogens with two attached hydrogens (primary N) is 1. The molecule has 24 heavy (non-hydrogen) atoms. The van der Waals surface area contributed by atoms with Gasteiger partial charge in [-0.25, -0.2) is 0 Å². The van der Waals surface area contributed by atoms with Crippen LogP contribution in [0.5, 0.6) is 0 Å². The van der Waals surface area contributed by atoms with Crippen LogP contribution in [-0.4, -0.2) is 29.4 Å². The van der Waals surface area contributed by atoms with Crippen LogP contribution in [0.15, 0.2) is 24.3 Å². The number of piperidine rings is 1. The number of amides is 1. The first-order chi connectivity index (χ1) is 11.2. The van der Waals surface area contributed by atoms with E-state index in [0.29, 0.717) is 6.54 Å². The molecule has 1 heterocycles. The van der Waals surface area contributed by atoms with Crippen LogP contribution in [0, 0.1) is 0 Å². The lowest BCUT2D eigenvalue weighted by molar-refractivity contribution is -0.138. The van der Waals surface area contributed by atoms with Crippen molar-refractivity contribution in [2.24, 2.45) is 5.73 Å². The summed E-state index contributed by atoms with van der Waals surface area (Å²) in [5.74, 6) is -0.0974. The van der Waals surface area contributed by atoms with E-state index in [0.717, 1.165) is 37.0 Å². The second kappa shape index (κ2) is 7.55. The van der Waals surface area contributed by atoms with Crippen molar-refractivity contribution in [3.63, 3.8) is 0 Å². The molecule has 2 N–H and O–H groups in total. The van der Waals surface area contributed by atoms with Gasteiger partial charge < -0.3 is 10.6 Å². The van der Waals surface area contributed by atoms with Gasteiger partial charge >= 0.3 is 6.18 Å². The summed E-state index contributed by atoms with van der Waals surface area (Å²) in [5, 5.41) is 0. The Bertz CT molecular complexity index is 554. The van der Waals surface area contributed by atoms with E-state index in [-0.39, 0.29) is 30.3 Å². The fourth-order valence-corrected chi connectivity index (χ4v) is 3.31. The standard InChI is InChI=1S/C18H25F3N2O/c1-12(14-6-8-15(9-7-14)18(19,20)21)11-17(24)23-10-4-3-5-16(23)13(2)22/h6-9,12-13,16H,3-5,10-11,22H2,1-2H3. The molecule has 0 aromatic heterocycles. The van der Waals surface area contributed by atoms with Gasteiger partial charge in [0.05, 0.1) is 5.56 Å². The largest absolute Gasteiger partial charge is 0.416 e. The summed E-state index contributed by atoms with van der Waals surface area (Å²) in [6.45, 7) is 4.49. The highest BCUT2D eigenvalue weighted by Gasteiger charge is 2.31. The third-order valence-electron chi connectivity index (χ3n) is 4.76. The Balaban J connectivity index is 2.02. The minimum Gasteiger partial charge on any atom is -0.338 e. The van der Waals surface area contributed by atoms with Gasteiger partial charge in [0.2, 0.25) is 5.91 Å². The summed E-state index contributed by atoms with van der Waals surface area (Å²) in [7, 11) is 0. The van der Waals surface area contributed by atoms with E-state index in [1.54, 1.807) is 0 Å². The van der Waals surface area contributed by atoms with Crippen molar-refractivity contribution in [3.05, 3.63) is 35.4 Å². The topological polar surface area (TPSA) is 46.3 Å². The molecule has 134 valence electrons. The number of halogens is 3. The van der Waals surface area contributed by atoms with Gasteiger partial charge in [0.1, 0.15) is 0 Å². The first kappa shape index (κ1) is 18.8. The zero-order valence-corrected chi connectivity index (χ0v) is 14.1. The maximum atomic E-state index is 12.6. The Hall–Kier alpha value is -1.56. The van der Waals surface area contributed by atoms with Crippen molar-refractivity contribution in [1.29, 1.82) is 0 Å². The molecule has 3 atom stereocenters. The van der Waals surface area contributed by atoms with Crippen LogP contribution < -0.4 is 5.73 Å². The molecule has 0 bridgehead atoms. The molecule has 2 rings (SSSR count). The smallest absolute Gasteiger partial charge is 0.338 e. The molecule has 6 heteroatoms. The predicted molar refractivity (Wildman–Crippen MR) is 87.5 cm³/mol. The summed E-state index contributed by atoms with van der Waals surface area (Å²) in [4.78, 5) is 14.5. The van der Waals surface area contributed by atoms with Gasteiger partial charge in [-0.1, -0.05) is 19.1 Å². The van der Waals surface area contributed by atoms with Crippen LogP contribution in [0.4, 0.5) is 13.2 Å². The molecule has 1 aromatic rings. The number of nitrogens with zero attached hydrogens (tertiary/aromatic N) is 1. The maximum Gasteiger partial charge on any atom is 0.416 e. The van der Waals surface area contributed by atoms with E-state index >= 15 is 0 Å². The average molecular weight is 342 g/mol. The van der Waals surface area contributed by atoms with Gasteiger partial charge in [0, 0.05) is 25.0 Å². The highest BCUT2D eigenvalue weighted by atomic mass is 19.4. The Labute approximate surface area is 141 Å². The molecule has 1 saturated heterocycles. The van der Waals surface area contributed by atoms with Crippen LogP contribution in [0.2, 0.25) is 0 Å². The van der Waals surface area contributed by atoms with E-state index in [1.165, 1.54) is 12.1 Å². The molecular formula is C18H25F3N2O. The molecule has 0 aliphatic carbocycles. The number of likely N-dealkylation sites (tertiary alicyclic amines) is 1. The average Bonchev–Trinajstić information content (AvgIpc) is 2.54. The third kappa shape index (κ3) is 4.50. The molecule has 1 fully saturated rings. The van der Waals surface area contributed by atoms with E-state index in [1.807, 2.05) is 18.7 Å². The molecule has 1 amide bonds. The van der Waals surface area contributed by atoms with Crippen molar-refractivity contribution in [2.45, 2.75) is 63.7 Å². The molecular weight excluding hydrogens is 317 g/mol. The molecule has 1 aliphatic heterocycles. The number of hydrogen-bond donors (Lipinski definition) is 1. The number of alkyl halides is 3. The zero-order chi connectivity index (χ0) is 17.9. The van der Waals surface area contributed by atoms with Gasteiger partial charge in [-0.05, 0) is 49.8 Å². The number of rotatable bonds is 4. The molecule has 0 saturated carbocycles. The van der Waals surface area contributed by atoms with Gasteiger partial charge in [-0.15, -0.1) is 0 Å². The molecule has 3 unspecified atom stereocenters. The van der Waals surface area contributed by atoms with Crippen molar-refractivity contribution < 1.29 is 18.0 Å². The predicted octanol–water partition coefficient (Wildman–Crippen LogP) is 3.93. The highest BCUT2D eigenvalue weighted by molar-refractivity contribution is 5.77. The monoisotopic (exact) mass is 342 g/mol. The Kier molecular flexibility index (Phi) is 5.91. The number of benzene rings is 1. The first-order valence-electron chi connectivity index (χ1n) is 8.42. The van der Waals surface area contributed by atoms with Crippen molar-refractivity contribution in [2.75, 3.05) is 6.54 Å². The minimum atomic E-state index is -4.34. The van der Waals surface area contributed by atoms with E-state index in [2.05, 4.69) is 0 Å². The normalized spacial score (nSPS) is 21.4. The highest BCUT2D eigenvalue weighted by Crippen LogP contribution is 2.31. The second-order valence-corrected chi connectivity index (χ2v) is 6.73. The molecule has 1 aliphatic rings. The minimum absolute atomic E-state index is 0.0318. The molecule has 1 aromatic carbocycles. The van der Waals surface area contributed by atoms with E-state index in [9.17, 15) is 18.0 Å². The fourth-order valence-electron chi connectivity index (χ4n) is 3.31. The Morgan fingerprint density at radius 1 is 1.25 bits per heavy atom. The van der Waals surface area contributed by atoms with Crippen LogP contribution in [0.3, 0.4) is 0 Å².